The van der Waals surface area contributed by atoms with Gasteiger partial charge in [-0.25, -0.2) is 4.39 Å². The summed E-state index contributed by atoms with van der Waals surface area (Å²) in [5.74, 6) is -0.583. The largest absolute Gasteiger partial charge is 0.322 e. The molecule has 1 amide bonds. The van der Waals surface area contributed by atoms with E-state index in [2.05, 4.69) is 21.2 Å². The van der Waals surface area contributed by atoms with Gasteiger partial charge in [-0.05, 0) is 42.3 Å². The van der Waals surface area contributed by atoms with Crippen molar-refractivity contribution in [3.63, 3.8) is 0 Å². The van der Waals surface area contributed by atoms with Crippen molar-refractivity contribution in [2.24, 2.45) is 0 Å². The predicted octanol–water partition coefficient (Wildman–Crippen LogP) is 3.54. The molecule has 0 aromatic heterocycles. The lowest BCUT2D eigenvalue weighted by atomic mass is 10.2. The molecule has 0 atom stereocenters. The summed E-state index contributed by atoms with van der Waals surface area (Å²) in [6.45, 7) is 6.34. The molecule has 0 bridgehead atoms. The molecule has 2 aromatic carbocycles. The fraction of sp³-hybridized carbons (Fsp3) is 0.350. The number of carbonyl (C=O) groups is 1. The van der Waals surface area contributed by atoms with Gasteiger partial charge in [0.2, 0.25) is 5.91 Å². The van der Waals surface area contributed by atoms with Crippen LogP contribution in [-0.4, -0.2) is 48.4 Å². The Bertz CT molecular complexity index is 775. The van der Waals surface area contributed by atoms with E-state index in [1.807, 2.05) is 25.1 Å². The minimum atomic E-state index is -0.398. The van der Waals surface area contributed by atoms with Crippen molar-refractivity contribution in [2.45, 2.75) is 13.5 Å². The third-order valence-corrected chi connectivity index (χ3v) is 4.76. The van der Waals surface area contributed by atoms with E-state index in [1.165, 1.54) is 11.6 Å². The predicted molar refractivity (Wildman–Crippen MR) is 103 cm³/mol. The Morgan fingerprint density at radius 2 is 1.85 bits per heavy atom. The van der Waals surface area contributed by atoms with E-state index in [4.69, 9.17) is 11.6 Å². The number of halogens is 2. The van der Waals surface area contributed by atoms with E-state index in [9.17, 15) is 9.18 Å². The molecule has 0 aliphatic carbocycles. The van der Waals surface area contributed by atoms with Gasteiger partial charge in [0, 0.05) is 37.7 Å². The molecular formula is C20H23ClFN3O. The zero-order valence-electron chi connectivity index (χ0n) is 14.8. The second-order valence-corrected chi connectivity index (χ2v) is 7.15. The van der Waals surface area contributed by atoms with Gasteiger partial charge in [0.1, 0.15) is 5.82 Å². The third kappa shape index (κ3) is 5.27. The number of benzene rings is 2. The van der Waals surface area contributed by atoms with Crippen molar-refractivity contribution in [2.75, 3.05) is 38.0 Å². The lowest BCUT2D eigenvalue weighted by molar-refractivity contribution is -0.117. The number of carbonyl (C=O) groups excluding carboxylic acids is 1. The average Bonchev–Trinajstić information content (AvgIpc) is 2.59. The fourth-order valence-electron chi connectivity index (χ4n) is 3.11. The lowest BCUT2D eigenvalue weighted by Gasteiger charge is -2.34. The minimum absolute atomic E-state index is 0.184. The number of hydrogen-bond acceptors (Lipinski definition) is 3. The summed E-state index contributed by atoms with van der Waals surface area (Å²) >= 11 is 6.03. The molecule has 0 radical (unpaired) electrons. The molecule has 138 valence electrons. The van der Waals surface area contributed by atoms with Crippen LogP contribution in [0.3, 0.4) is 0 Å². The third-order valence-electron chi connectivity index (χ3n) is 4.53. The highest BCUT2D eigenvalue weighted by Gasteiger charge is 2.19. The Labute approximate surface area is 158 Å². The molecule has 1 heterocycles. The Morgan fingerprint density at radius 3 is 2.54 bits per heavy atom. The highest BCUT2D eigenvalue weighted by Crippen LogP contribution is 2.16. The number of nitrogens with zero attached hydrogens (tertiary/aromatic N) is 2. The number of rotatable bonds is 5. The molecule has 1 aliphatic heterocycles. The van der Waals surface area contributed by atoms with Crippen LogP contribution in [0, 0.1) is 12.7 Å². The van der Waals surface area contributed by atoms with Gasteiger partial charge in [-0.3, -0.25) is 14.6 Å². The van der Waals surface area contributed by atoms with E-state index in [1.54, 1.807) is 12.1 Å². The van der Waals surface area contributed by atoms with Crippen LogP contribution in [0.15, 0.2) is 42.5 Å². The molecule has 0 unspecified atom stereocenters. The van der Waals surface area contributed by atoms with Crippen LogP contribution in [0.1, 0.15) is 11.1 Å². The number of piperazine rings is 1. The highest BCUT2D eigenvalue weighted by molar-refractivity contribution is 6.30. The first-order chi connectivity index (χ1) is 12.5. The van der Waals surface area contributed by atoms with Crippen LogP contribution in [0.4, 0.5) is 10.1 Å². The van der Waals surface area contributed by atoms with Crippen LogP contribution in [0.5, 0.6) is 0 Å². The van der Waals surface area contributed by atoms with Gasteiger partial charge >= 0.3 is 0 Å². The van der Waals surface area contributed by atoms with Gasteiger partial charge in [-0.1, -0.05) is 29.8 Å². The lowest BCUT2D eigenvalue weighted by Crippen LogP contribution is -2.48. The summed E-state index contributed by atoms with van der Waals surface area (Å²) in [6.07, 6.45) is 0. The standard InChI is InChI=1S/C20H23ClFN3O/c1-15-5-6-19(18(22)11-15)23-20(26)14-25-9-7-24(8-10-25)13-16-3-2-4-17(21)12-16/h2-6,11-12H,7-10,13-14H2,1H3,(H,23,26). The van der Waals surface area contributed by atoms with Crippen molar-refractivity contribution in [1.29, 1.82) is 0 Å². The molecule has 1 N–H and O–H groups in total. The first kappa shape index (κ1) is 18.8. The smallest absolute Gasteiger partial charge is 0.238 e. The van der Waals surface area contributed by atoms with Crippen molar-refractivity contribution in [3.8, 4) is 0 Å². The summed E-state index contributed by atoms with van der Waals surface area (Å²) in [5.41, 5.74) is 2.26. The Balaban J connectivity index is 1.45. The zero-order chi connectivity index (χ0) is 18.5. The normalized spacial score (nSPS) is 15.8. The Hall–Kier alpha value is -1.95. The summed E-state index contributed by atoms with van der Waals surface area (Å²) < 4.78 is 13.8. The molecule has 1 saturated heterocycles. The molecule has 26 heavy (non-hydrogen) atoms. The van der Waals surface area contributed by atoms with Crippen LogP contribution in [0.2, 0.25) is 5.02 Å². The van der Waals surface area contributed by atoms with Gasteiger partial charge in [0.05, 0.1) is 12.2 Å². The van der Waals surface area contributed by atoms with Gasteiger partial charge in [0.25, 0.3) is 0 Å². The van der Waals surface area contributed by atoms with E-state index in [-0.39, 0.29) is 18.1 Å². The number of amides is 1. The van der Waals surface area contributed by atoms with Crippen molar-refractivity contribution in [3.05, 3.63) is 64.4 Å². The number of nitrogens with one attached hydrogen (secondary N) is 1. The SMILES string of the molecule is Cc1ccc(NC(=O)CN2CCN(Cc3cccc(Cl)c3)CC2)c(F)c1. The van der Waals surface area contributed by atoms with Gasteiger partial charge in [0.15, 0.2) is 0 Å². The first-order valence-electron chi connectivity index (χ1n) is 8.75. The second-order valence-electron chi connectivity index (χ2n) is 6.71. The number of anilines is 1. The van der Waals surface area contributed by atoms with Gasteiger partial charge in [-0.15, -0.1) is 0 Å². The molecule has 1 aliphatic rings. The number of aryl methyl sites for hydroxylation is 1. The van der Waals surface area contributed by atoms with Gasteiger partial charge in [-0.2, -0.15) is 0 Å². The van der Waals surface area contributed by atoms with Crippen LogP contribution in [-0.2, 0) is 11.3 Å². The first-order valence-corrected chi connectivity index (χ1v) is 9.12. The molecule has 1 fully saturated rings. The maximum absolute atomic E-state index is 13.8. The van der Waals surface area contributed by atoms with Gasteiger partial charge < -0.3 is 5.32 Å². The quantitative estimate of drug-likeness (QED) is 0.868. The molecule has 0 spiro atoms. The van der Waals surface area contributed by atoms with Crippen LogP contribution < -0.4 is 5.32 Å². The topological polar surface area (TPSA) is 35.6 Å². The second kappa shape index (κ2) is 8.62. The van der Waals surface area contributed by atoms with E-state index in [0.29, 0.717) is 0 Å². The van der Waals surface area contributed by atoms with Crippen molar-refractivity contribution in [1.82, 2.24) is 9.80 Å². The molecule has 6 heteroatoms. The Kier molecular flexibility index (Phi) is 6.25. The van der Waals surface area contributed by atoms with Crippen LogP contribution in [0.25, 0.3) is 0 Å². The molecular weight excluding hydrogens is 353 g/mol. The summed E-state index contributed by atoms with van der Waals surface area (Å²) in [4.78, 5) is 16.6. The average molecular weight is 376 g/mol. The zero-order valence-corrected chi connectivity index (χ0v) is 15.6. The monoisotopic (exact) mass is 375 g/mol. The summed E-state index contributed by atoms with van der Waals surface area (Å²) in [7, 11) is 0. The van der Waals surface area contributed by atoms with Crippen molar-refractivity contribution < 1.29 is 9.18 Å². The molecule has 2 aromatic rings. The van der Waals surface area contributed by atoms with E-state index >= 15 is 0 Å². The fourth-order valence-corrected chi connectivity index (χ4v) is 3.33. The maximum atomic E-state index is 13.8. The van der Waals surface area contributed by atoms with E-state index < -0.39 is 5.82 Å². The van der Waals surface area contributed by atoms with E-state index in [0.717, 1.165) is 43.3 Å². The van der Waals surface area contributed by atoms with Crippen LogP contribution >= 0.6 is 11.6 Å². The molecule has 0 saturated carbocycles. The summed E-state index contributed by atoms with van der Waals surface area (Å²) in [5, 5.41) is 3.41. The highest BCUT2D eigenvalue weighted by atomic mass is 35.5. The minimum Gasteiger partial charge on any atom is -0.322 e. The molecule has 3 rings (SSSR count). The molecule has 4 nitrogen and oxygen atoms in total. The number of hydrogen-bond donors (Lipinski definition) is 1. The Morgan fingerprint density at radius 1 is 1.12 bits per heavy atom. The van der Waals surface area contributed by atoms with Crippen molar-refractivity contribution >= 4 is 23.2 Å². The summed E-state index contributed by atoms with van der Waals surface area (Å²) in [6, 6.07) is 12.7. The maximum Gasteiger partial charge on any atom is 0.238 e.